The van der Waals surface area contributed by atoms with Gasteiger partial charge in [0.05, 0.1) is 27.6 Å². The maximum atomic E-state index is 14.3. The maximum Gasteiger partial charge on any atom is 0.161 e. The molecule has 0 saturated carbocycles. The molecule has 0 atom stereocenters. The first-order valence-electron chi connectivity index (χ1n) is 10.8. The Morgan fingerprint density at radius 1 is 0.818 bits per heavy atom. The summed E-state index contributed by atoms with van der Waals surface area (Å²) in [6.07, 6.45) is 0.483. The second kappa shape index (κ2) is 7.41. The van der Waals surface area contributed by atoms with Crippen LogP contribution in [0.4, 0.5) is 10.2 Å². The standard InChI is InChI=1S/C26H21FN6/c1-32-21-13-7-6-12-20(21)31-25(32)22-23-26(30-19-11-5-4-10-18(19)29-23)33(24(22)28)15-14-16-8-2-3-9-17(16)27/h2-13H,14-15,28H2,1H3. The molecule has 3 aromatic carbocycles. The number of nitrogens with zero attached hydrogens (tertiary/aromatic N) is 5. The van der Waals surface area contributed by atoms with Gasteiger partial charge in [-0.2, -0.15) is 0 Å². The van der Waals surface area contributed by atoms with E-state index in [0.29, 0.717) is 35.5 Å². The van der Waals surface area contributed by atoms with E-state index in [1.54, 1.807) is 12.1 Å². The van der Waals surface area contributed by atoms with E-state index in [9.17, 15) is 4.39 Å². The van der Waals surface area contributed by atoms with Crippen LogP contribution in [0.3, 0.4) is 0 Å². The summed E-state index contributed by atoms with van der Waals surface area (Å²) in [5, 5.41) is 0. The minimum Gasteiger partial charge on any atom is -0.384 e. The number of aryl methyl sites for hydroxylation is 3. The van der Waals surface area contributed by atoms with Crippen molar-refractivity contribution in [2.75, 3.05) is 5.73 Å². The Hall–Kier alpha value is -4.26. The van der Waals surface area contributed by atoms with Crippen molar-refractivity contribution < 1.29 is 4.39 Å². The molecule has 0 spiro atoms. The van der Waals surface area contributed by atoms with E-state index >= 15 is 0 Å². The topological polar surface area (TPSA) is 74.5 Å². The second-order valence-electron chi connectivity index (χ2n) is 8.12. The van der Waals surface area contributed by atoms with E-state index < -0.39 is 0 Å². The van der Waals surface area contributed by atoms with E-state index in [1.165, 1.54) is 6.07 Å². The molecule has 6 rings (SSSR count). The molecular formula is C26H21FN6. The summed E-state index contributed by atoms with van der Waals surface area (Å²) in [5.41, 5.74) is 12.9. The first kappa shape index (κ1) is 19.4. The fourth-order valence-corrected chi connectivity index (χ4v) is 4.47. The molecule has 3 aromatic heterocycles. The van der Waals surface area contributed by atoms with Gasteiger partial charge in [-0.05, 0) is 42.3 Å². The summed E-state index contributed by atoms with van der Waals surface area (Å²) < 4.78 is 18.2. The Morgan fingerprint density at radius 2 is 1.48 bits per heavy atom. The first-order valence-corrected chi connectivity index (χ1v) is 10.8. The Morgan fingerprint density at radius 3 is 2.24 bits per heavy atom. The lowest BCUT2D eigenvalue weighted by molar-refractivity contribution is 0.597. The van der Waals surface area contributed by atoms with Crippen LogP contribution in [-0.2, 0) is 20.0 Å². The minimum atomic E-state index is -0.223. The van der Waals surface area contributed by atoms with Crippen LogP contribution in [0, 0.1) is 5.82 Å². The smallest absolute Gasteiger partial charge is 0.161 e. The van der Waals surface area contributed by atoms with Crippen LogP contribution in [0.2, 0.25) is 0 Å². The Labute approximate surface area is 189 Å². The van der Waals surface area contributed by atoms with Gasteiger partial charge in [0.15, 0.2) is 5.65 Å². The molecule has 0 saturated heterocycles. The van der Waals surface area contributed by atoms with Crippen molar-refractivity contribution in [3.63, 3.8) is 0 Å². The molecular weight excluding hydrogens is 415 g/mol. The first-order chi connectivity index (χ1) is 16.1. The molecule has 2 N–H and O–H groups in total. The van der Waals surface area contributed by atoms with Crippen LogP contribution in [0.1, 0.15) is 5.56 Å². The fraction of sp³-hybridized carbons (Fsp3) is 0.115. The van der Waals surface area contributed by atoms with Crippen LogP contribution in [0.25, 0.3) is 44.6 Å². The normalized spacial score (nSPS) is 11.7. The average Bonchev–Trinajstić information content (AvgIpc) is 3.30. The van der Waals surface area contributed by atoms with E-state index in [-0.39, 0.29) is 5.82 Å². The third kappa shape index (κ3) is 3.04. The summed E-state index contributed by atoms with van der Waals surface area (Å²) in [4.78, 5) is 14.7. The summed E-state index contributed by atoms with van der Waals surface area (Å²) in [6.45, 7) is 0.472. The molecule has 6 aromatic rings. The number of nitrogen functional groups attached to an aromatic ring is 1. The van der Waals surface area contributed by atoms with Crippen molar-refractivity contribution in [2.24, 2.45) is 7.05 Å². The Bertz CT molecular complexity index is 1660. The summed E-state index contributed by atoms with van der Waals surface area (Å²) in [6, 6.07) is 22.5. The number of para-hydroxylation sites is 4. The van der Waals surface area contributed by atoms with Crippen molar-refractivity contribution in [1.29, 1.82) is 0 Å². The summed E-state index contributed by atoms with van der Waals surface area (Å²) in [5.74, 6) is 1.03. The van der Waals surface area contributed by atoms with Crippen LogP contribution in [0.15, 0.2) is 72.8 Å². The zero-order valence-corrected chi connectivity index (χ0v) is 18.0. The van der Waals surface area contributed by atoms with Gasteiger partial charge in [-0.15, -0.1) is 0 Å². The number of fused-ring (bicyclic) bond motifs is 3. The molecule has 7 heteroatoms. The number of rotatable bonds is 4. The lowest BCUT2D eigenvalue weighted by Crippen LogP contribution is -2.07. The Kier molecular flexibility index (Phi) is 4.36. The van der Waals surface area contributed by atoms with E-state index in [1.807, 2.05) is 70.8 Å². The molecule has 162 valence electrons. The van der Waals surface area contributed by atoms with Crippen molar-refractivity contribution in [3.05, 3.63) is 84.2 Å². The number of imidazole rings is 1. The van der Waals surface area contributed by atoms with E-state index in [4.69, 9.17) is 20.7 Å². The number of hydrogen-bond acceptors (Lipinski definition) is 4. The monoisotopic (exact) mass is 436 g/mol. The number of halogens is 1. The van der Waals surface area contributed by atoms with E-state index in [2.05, 4.69) is 0 Å². The highest BCUT2D eigenvalue weighted by Gasteiger charge is 2.24. The maximum absolute atomic E-state index is 14.3. The van der Waals surface area contributed by atoms with Crippen molar-refractivity contribution in [2.45, 2.75) is 13.0 Å². The van der Waals surface area contributed by atoms with Gasteiger partial charge in [-0.3, -0.25) is 0 Å². The largest absolute Gasteiger partial charge is 0.384 e. The molecule has 3 heterocycles. The molecule has 0 aliphatic carbocycles. The quantitative estimate of drug-likeness (QED) is 0.417. The van der Waals surface area contributed by atoms with E-state index in [0.717, 1.165) is 33.5 Å². The van der Waals surface area contributed by atoms with Gasteiger partial charge in [-0.1, -0.05) is 42.5 Å². The highest BCUT2D eigenvalue weighted by Crippen LogP contribution is 2.37. The van der Waals surface area contributed by atoms with Crippen LogP contribution in [-0.4, -0.2) is 24.1 Å². The number of benzene rings is 3. The van der Waals surface area contributed by atoms with Crippen molar-refractivity contribution in [1.82, 2.24) is 24.1 Å². The highest BCUT2D eigenvalue weighted by molar-refractivity contribution is 6.01. The predicted octanol–water partition coefficient (Wildman–Crippen LogP) is 5.10. The van der Waals surface area contributed by atoms with Gasteiger partial charge in [-0.25, -0.2) is 19.3 Å². The highest BCUT2D eigenvalue weighted by atomic mass is 19.1. The van der Waals surface area contributed by atoms with Gasteiger partial charge in [0.2, 0.25) is 0 Å². The van der Waals surface area contributed by atoms with Crippen molar-refractivity contribution >= 4 is 39.0 Å². The van der Waals surface area contributed by atoms with Crippen molar-refractivity contribution in [3.8, 4) is 11.4 Å². The molecule has 0 bridgehead atoms. The Balaban J connectivity index is 1.60. The zero-order chi connectivity index (χ0) is 22.5. The minimum absolute atomic E-state index is 0.223. The predicted molar refractivity (Wildman–Crippen MR) is 129 cm³/mol. The molecule has 6 nitrogen and oxygen atoms in total. The number of hydrogen-bond donors (Lipinski definition) is 1. The molecule has 33 heavy (non-hydrogen) atoms. The van der Waals surface area contributed by atoms with Crippen LogP contribution < -0.4 is 5.73 Å². The molecule has 0 radical (unpaired) electrons. The average molecular weight is 436 g/mol. The number of anilines is 1. The summed E-state index contributed by atoms with van der Waals surface area (Å²) >= 11 is 0. The third-order valence-corrected chi connectivity index (χ3v) is 6.16. The van der Waals surface area contributed by atoms with Crippen LogP contribution >= 0.6 is 0 Å². The fourth-order valence-electron chi connectivity index (χ4n) is 4.47. The lowest BCUT2D eigenvalue weighted by atomic mass is 10.1. The zero-order valence-electron chi connectivity index (χ0n) is 18.0. The second-order valence-corrected chi connectivity index (χ2v) is 8.12. The molecule has 0 amide bonds. The SMILES string of the molecule is Cn1c(-c2c(N)n(CCc3ccccc3F)c3nc4ccccc4nc23)nc2ccccc21. The van der Waals surface area contributed by atoms with Gasteiger partial charge >= 0.3 is 0 Å². The number of aromatic nitrogens is 5. The van der Waals surface area contributed by atoms with Gasteiger partial charge < -0.3 is 14.9 Å². The number of nitrogens with two attached hydrogens (primary N) is 1. The molecule has 0 fully saturated rings. The van der Waals surface area contributed by atoms with Crippen LogP contribution in [0.5, 0.6) is 0 Å². The van der Waals surface area contributed by atoms with Gasteiger partial charge in [0, 0.05) is 13.6 Å². The molecule has 0 unspecified atom stereocenters. The lowest BCUT2D eigenvalue weighted by Gasteiger charge is -2.09. The van der Waals surface area contributed by atoms with Gasteiger partial charge in [0.25, 0.3) is 0 Å². The molecule has 0 aliphatic rings. The summed E-state index contributed by atoms with van der Waals surface area (Å²) in [7, 11) is 1.97. The third-order valence-electron chi connectivity index (χ3n) is 6.16. The molecule has 0 aliphatic heterocycles. The van der Waals surface area contributed by atoms with Gasteiger partial charge in [0.1, 0.15) is 23.0 Å².